The lowest BCUT2D eigenvalue weighted by Gasteiger charge is -2.09. The molecule has 1 N–H and O–H groups in total. The summed E-state index contributed by atoms with van der Waals surface area (Å²) in [7, 11) is 1.34. The van der Waals surface area contributed by atoms with E-state index >= 15 is 0 Å². The van der Waals surface area contributed by atoms with Crippen molar-refractivity contribution in [2.24, 2.45) is 0 Å². The zero-order valence-electron chi connectivity index (χ0n) is 10.8. The maximum atomic E-state index is 11.7. The van der Waals surface area contributed by atoms with E-state index in [-0.39, 0.29) is 0 Å². The number of esters is 1. The lowest BCUT2D eigenvalue weighted by atomic mass is 10.2. The summed E-state index contributed by atoms with van der Waals surface area (Å²) in [6, 6.07) is 12.5. The molecule has 0 bridgehead atoms. The minimum absolute atomic E-state index is 0.391. The molecule has 0 unspecified atom stereocenters. The van der Waals surface area contributed by atoms with Crippen molar-refractivity contribution in [1.29, 1.82) is 0 Å². The molecule has 0 spiro atoms. The summed E-state index contributed by atoms with van der Waals surface area (Å²) >= 11 is 0. The van der Waals surface area contributed by atoms with E-state index in [1.165, 1.54) is 7.11 Å². The number of benzene rings is 2. The molecule has 0 amide bonds. The topological polar surface area (TPSA) is 64.2 Å². The van der Waals surface area contributed by atoms with Gasteiger partial charge in [0.25, 0.3) is 0 Å². The number of aromatic nitrogens is 2. The second kappa shape index (κ2) is 5.05. The fourth-order valence-corrected chi connectivity index (χ4v) is 1.95. The third kappa shape index (κ3) is 2.21. The van der Waals surface area contributed by atoms with E-state index in [0.29, 0.717) is 17.1 Å². The van der Waals surface area contributed by atoms with E-state index in [0.717, 1.165) is 10.9 Å². The number of carbonyl (C=O) groups is 1. The van der Waals surface area contributed by atoms with Crippen LogP contribution in [0.4, 0.5) is 0 Å². The SMILES string of the molecule is COC(=O)c1ccccc1Oc1ccc2[nH]ncc2c1. The predicted octanol–water partition coefficient (Wildman–Crippen LogP) is 3.14. The number of hydrogen-bond acceptors (Lipinski definition) is 4. The Morgan fingerprint density at radius 3 is 2.90 bits per heavy atom. The molecule has 100 valence electrons. The number of aromatic amines is 1. The number of carbonyl (C=O) groups excluding carboxylic acids is 1. The molecule has 0 aliphatic heterocycles. The van der Waals surface area contributed by atoms with E-state index in [9.17, 15) is 4.79 Å². The molecule has 3 aromatic rings. The fraction of sp³-hybridized carbons (Fsp3) is 0.0667. The van der Waals surface area contributed by atoms with Crippen molar-refractivity contribution in [2.75, 3.05) is 7.11 Å². The van der Waals surface area contributed by atoms with Gasteiger partial charge in [-0.2, -0.15) is 5.10 Å². The van der Waals surface area contributed by atoms with Gasteiger partial charge in [-0.1, -0.05) is 12.1 Å². The Morgan fingerprint density at radius 1 is 1.20 bits per heavy atom. The van der Waals surface area contributed by atoms with Gasteiger partial charge in [0.05, 0.1) is 18.8 Å². The highest BCUT2D eigenvalue weighted by Gasteiger charge is 2.13. The monoisotopic (exact) mass is 268 g/mol. The van der Waals surface area contributed by atoms with Crippen LogP contribution < -0.4 is 4.74 Å². The summed E-state index contributed by atoms with van der Waals surface area (Å²) < 4.78 is 10.5. The van der Waals surface area contributed by atoms with Crippen molar-refractivity contribution < 1.29 is 14.3 Å². The molecular weight excluding hydrogens is 256 g/mol. The summed E-state index contributed by atoms with van der Waals surface area (Å²) in [6.07, 6.45) is 1.72. The van der Waals surface area contributed by atoms with Crippen LogP contribution in [0.1, 0.15) is 10.4 Å². The van der Waals surface area contributed by atoms with Crippen molar-refractivity contribution in [3.05, 3.63) is 54.2 Å². The van der Waals surface area contributed by atoms with Gasteiger partial charge >= 0.3 is 5.97 Å². The molecule has 0 aliphatic rings. The number of nitrogens with zero attached hydrogens (tertiary/aromatic N) is 1. The number of fused-ring (bicyclic) bond motifs is 1. The highest BCUT2D eigenvalue weighted by molar-refractivity contribution is 5.92. The van der Waals surface area contributed by atoms with Gasteiger partial charge in [0.2, 0.25) is 0 Å². The minimum Gasteiger partial charge on any atom is -0.465 e. The van der Waals surface area contributed by atoms with Crippen LogP contribution in [-0.2, 0) is 4.74 Å². The number of methoxy groups -OCH3 is 1. The normalized spacial score (nSPS) is 10.4. The van der Waals surface area contributed by atoms with Crippen molar-refractivity contribution in [3.63, 3.8) is 0 Å². The maximum absolute atomic E-state index is 11.7. The molecule has 3 rings (SSSR count). The predicted molar refractivity (Wildman–Crippen MR) is 73.9 cm³/mol. The summed E-state index contributed by atoms with van der Waals surface area (Å²) in [6.45, 7) is 0. The lowest BCUT2D eigenvalue weighted by molar-refractivity contribution is 0.0598. The molecular formula is C15H12N2O3. The largest absolute Gasteiger partial charge is 0.465 e. The standard InChI is InChI=1S/C15H12N2O3/c1-19-15(18)12-4-2-3-5-14(12)20-11-6-7-13-10(8-11)9-16-17-13/h2-9H,1H3,(H,16,17). The van der Waals surface area contributed by atoms with E-state index in [4.69, 9.17) is 9.47 Å². The Balaban J connectivity index is 1.96. The number of nitrogens with one attached hydrogen (secondary N) is 1. The average Bonchev–Trinajstić information content (AvgIpc) is 2.94. The number of para-hydroxylation sites is 1. The Morgan fingerprint density at radius 2 is 2.05 bits per heavy atom. The maximum Gasteiger partial charge on any atom is 0.341 e. The zero-order valence-corrected chi connectivity index (χ0v) is 10.8. The van der Waals surface area contributed by atoms with Gasteiger partial charge in [-0.15, -0.1) is 0 Å². The molecule has 0 fully saturated rings. The van der Waals surface area contributed by atoms with Crippen LogP contribution in [0.5, 0.6) is 11.5 Å². The van der Waals surface area contributed by atoms with Gasteiger partial charge in [-0.25, -0.2) is 4.79 Å². The highest BCUT2D eigenvalue weighted by Crippen LogP contribution is 2.27. The van der Waals surface area contributed by atoms with E-state index in [1.54, 1.807) is 30.5 Å². The minimum atomic E-state index is -0.426. The number of H-pyrrole nitrogens is 1. The molecule has 1 heterocycles. The van der Waals surface area contributed by atoms with Crippen LogP contribution in [0.3, 0.4) is 0 Å². The number of ether oxygens (including phenoxy) is 2. The van der Waals surface area contributed by atoms with Crippen LogP contribution >= 0.6 is 0 Å². The first-order valence-corrected chi connectivity index (χ1v) is 6.06. The van der Waals surface area contributed by atoms with Crippen LogP contribution in [0, 0.1) is 0 Å². The van der Waals surface area contributed by atoms with Gasteiger partial charge in [0.15, 0.2) is 0 Å². The molecule has 5 heteroatoms. The van der Waals surface area contributed by atoms with Crippen LogP contribution in [0.2, 0.25) is 0 Å². The van der Waals surface area contributed by atoms with Gasteiger partial charge in [0, 0.05) is 5.39 Å². The Hall–Kier alpha value is -2.82. The molecule has 2 aromatic carbocycles. The van der Waals surface area contributed by atoms with Crippen LogP contribution in [0.15, 0.2) is 48.7 Å². The zero-order chi connectivity index (χ0) is 13.9. The Labute approximate surface area is 115 Å². The van der Waals surface area contributed by atoms with Gasteiger partial charge in [0.1, 0.15) is 17.1 Å². The molecule has 0 aliphatic carbocycles. The first-order valence-electron chi connectivity index (χ1n) is 6.06. The second-order valence-corrected chi connectivity index (χ2v) is 4.21. The quantitative estimate of drug-likeness (QED) is 0.741. The van der Waals surface area contributed by atoms with Gasteiger partial charge in [-0.05, 0) is 30.3 Å². The molecule has 0 saturated carbocycles. The van der Waals surface area contributed by atoms with Crippen LogP contribution in [0.25, 0.3) is 10.9 Å². The third-order valence-corrected chi connectivity index (χ3v) is 2.93. The van der Waals surface area contributed by atoms with Crippen molar-refractivity contribution in [1.82, 2.24) is 10.2 Å². The van der Waals surface area contributed by atoms with Gasteiger partial charge < -0.3 is 9.47 Å². The Kier molecular flexibility index (Phi) is 3.09. The van der Waals surface area contributed by atoms with Crippen molar-refractivity contribution in [3.8, 4) is 11.5 Å². The lowest BCUT2D eigenvalue weighted by Crippen LogP contribution is -2.03. The summed E-state index contributed by atoms with van der Waals surface area (Å²) in [5.74, 6) is 0.669. The molecule has 20 heavy (non-hydrogen) atoms. The second-order valence-electron chi connectivity index (χ2n) is 4.21. The molecule has 0 radical (unpaired) electrons. The third-order valence-electron chi connectivity index (χ3n) is 2.93. The van der Waals surface area contributed by atoms with Crippen molar-refractivity contribution in [2.45, 2.75) is 0 Å². The number of rotatable bonds is 3. The smallest absolute Gasteiger partial charge is 0.341 e. The molecule has 5 nitrogen and oxygen atoms in total. The average molecular weight is 268 g/mol. The summed E-state index contributed by atoms with van der Waals surface area (Å²) in [5.41, 5.74) is 1.32. The molecule has 0 saturated heterocycles. The Bertz CT molecular complexity index is 764. The first kappa shape index (κ1) is 12.2. The fourth-order valence-electron chi connectivity index (χ4n) is 1.95. The highest BCUT2D eigenvalue weighted by atomic mass is 16.5. The van der Waals surface area contributed by atoms with E-state index in [2.05, 4.69) is 10.2 Å². The molecule has 1 aromatic heterocycles. The van der Waals surface area contributed by atoms with E-state index < -0.39 is 5.97 Å². The van der Waals surface area contributed by atoms with Crippen LogP contribution in [-0.4, -0.2) is 23.3 Å². The molecule has 0 atom stereocenters. The summed E-state index contributed by atoms with van der Waals surface area (Å²) in [4.78, 5) is 11.7. The van der Waals surface area contributed by atoms with E-state index in [1.807, 2.05) is 18.2 Å². The van der Waals surface area contributed by atoms with Gasteiger partial charge in [-0.3, -0.25) is 5.10 Å². The van der Waals surface area contributed by atoms with Crippen molar-refractivity contribution >= 4 is 16.9 Å². The number of hydrogen-bond donors (Lipinski definition) is 1. The summed E-state index contributed by atoms with van der Waals surface area (Å²) in [5, 5.41) is 7.77. The first-order chi connectivity index (χ1) is 9.78.